The molecule has 2 aromatic rings. The Balaban J connectivity index is 1.72. The van der Waals surface area contributed by atoms with E-state index in [0.29, 0.717) is 48.6 Å². The van der Waals surface area contributed by atoms with Gasteiger partial charge in [0, 0.05) is 10.4 Å². The van der Waals surface area contributed by atoms with Crippen molar-refractivity contribution in [3.8, 4) is 0 Å². The highest BCUT2D eigenvalue weighted by atomic mass is 32.1. The van der Waals surface area contributed by atoms with Crippen LogP contribution in [0.5, 0.6) is 0 Å². The number of anilines is 1. The molecule has 1 N–H and O–H groups in total. The fourth-order valence-electron chi connectivity index (χ4n) is 4.59. The summed E-state index contributed by atoms with van der Waals surface area (Å²) in [7, 11) is 0. The van der Waals surface area contributed by atoms with Crippen molar-refractivity contribution >= 4 is 28.2 Å². The molecule has 1 fully saturated rings. The van der Waals surface area contributed by atoms with Crippen LogP contribution in [0, 0.1) is 5.82 Å². The van der Waals surface area contributed by atoms with Crippen LogP contribution < -0.4 is 5.32 Å². The van der Waals surface area contributed by atoms with Gasteiger partial charge in [0.25, 0.3) is 0 Å². The maximum absolute atomic E-state index is 14.7. The highest BCUT2D eigenvalue weighted by Crippen LogP contribution is 2.43. The fourth-order valence-corrected chi connectivity index (χ4v) is 5.75. The van der Waals surface area contributed by atoms with E-state index in [1.54, 1.807) is 25.1 Å². The Morgan fingerprint density at radius 2 is 2.00 bits per heavy atom. The molecule has 0 unspecified atom stereocenters. The zero-order valence-corrected chi connectivity index (χ0v) is 17.9. The van der Waals surface area contributed by atoms with Crippen LogP contribution in [0.2, 0.25) is 0 Å². The van der Waals surface area contributed by atoms with Crippen LogP contribution in [-0.2, 0) is 32.7 Å². The summed E-state index contributed by atoms with van der Waals surface area (Å²) in [6, 6.07) is 6.52. The number of nitrogens with one attached hydrogen (secondary N) is 1. The standard InChI is InChI=1S/C23H26FNO4S/c1-2-29-21(26)19-15-10-13-28-14-18(15)30-20(19)25-22(27)23(11-6-3-7-12-23)16-8-4-5-9-17(16)24/h4-5,8-9H,2-3,6-7,10-14H2,1H3,(H,25,27). The average molecular weight is 432 g/mol. The lowest BCUT2D eigenvalue weighted by molar-refractivity contribution is -0.122. The molecule has 0 bridgehead atoms. The molecule has 0 saturated heterocycles. The lowest BCUT2D eigenvalue weighted by atomic mass is 9.68. The zero-order valence-electron chi connectivity index (χ0n) is 17.1. The highest BCUT2D eigenvalue weighted by Gasteiger charge is 2.43. The van der Waals surface area contributed by atoms with Gasteiger partial charge >= 0.3 is 5.97 Å². The number of halogens is 1. The normalized spacial score (nSPS) is 17.8. The van der Waals surface area contributed by atoms with Gasteiger partial charge in [-0.1, -0.05) is 37.5 Å². The minimum absolute atomic E-state index is 0.252. The summed E-state index contributed by atoms with van der Waals surface area (Å²) in [5.74, 6) is -1.05. The monoisotopic (exact) mass is 431 g/mol. The highest BCUT2D eigenvalue weighted by molar-refractivity contribution is 7.17. The van der Waals surface area contributed by atoms with Crippen LogP contribution in [-0.4, -0.2) is 25.1 Å². The van der Waals surface area contributed by atoms with E-state index in [9.17, 15) is 14.0 Å². The number of fused-ring (bicyclic) bond motifs is 1. The number of rotatable bonds is 5. The van der Waals surface area contributed by atoms with E-state index in [4.69, 9.17) is 9.47 Å². The quantitative estimate of drug-likeness (QED) is 0.679. The molecule has 1 aliphatic carbocycles. The van der Waals surface area contributed by atoms with E-state index < -0.39 is 11.4 Å². The first-order valence-corrected chi connectivity index (χ1v) is 11.3. The van der Waals surface area contributed by atoms with Crippen LogP contribution in [0.4, 0.5) is 9.39 Å². The van der Waals surface area contributed by atoms with Gasteiger partial charge in [-0.3, -0.25) is 4.79 Å². The van der Waals surface area contributed by atoms with Crippen molar-refractivity contribution in [3.05, 3.63) is 51.7 Å². The second kappa shape index (κ2) is 8.86. The Morgan fingerprint density at radius 3 is 2.73 bits per heavy atom. The van der Waals surface area contributed by atoms with E-state index in [0.717, 1.165) is 29.7 Å². The molecule has 2 heterocycles. The number of amides is 1. The van der Waals surface area contributed by atoms with Gasteiger partial charge in [0.15, 0.2) is 0 Å². The van der Waals surface area contributed by atoms with Gasteiger partial charge in [0.1, 0.15) is 10.8 Å². The van der Waals surface area contributed by atoms with Gasteiger partial charge in [-0.05, 0) is 37.8 Å². The summed E-state index contributed by atoms with van der Waals surface area (Å²) in [5.41, 5.74) is 0.817. The summed E-state index contributed by atoms with van der Waals surface area (Å²) >= 11 is 1.36. The largest absolute Gasteiger partial charge is 0.462 e. The molecular weight excluding hydrogens is 405 g/mol. The number of benzene rings is 1. The van der Waals surface area contributed by atoms with E-state index >= 15 is 0 Å². The topological polar surface area (TPSA) is 64.6 Å². The van der Waals surface area contributed by atoms with Gasteiger partial charge in [-0.25, -0.2) is 9.18 Å². The molecule has 5 nitrogen and oxygen atoms in total. The van der Waals surface area contributed by atoms with Crippen molar-refractivity contribution in [3.63, 3.8) is 0 Å². The second-order valence-corrected chi connectivity index (χ2v) is 8.91. The third kappa shape index (κ3) is 3.76. The molecule has 7 heteroatoms. The number of thiophene rings is 1. The van der Waals surface area contributed by atoms with Gasteiger partial charge in [0.2, 0.25) is 5.91 Å². The molecule has 1 saturated carbocycles. The molecule has 4 rings (SSSR count). The molecular formula is C23H26FNO4S. The molecule has 0 radical (unpaired) electrons. The van der Waals surface area contributed by atoms with Crippen molar-refractivity contribution in [2.45, 2.75) is 57.5 Å². The maximum atomic E-state index is 14.7. The summed E-state index contributed by atoms with van der Waals surface area (Å²) < 4.78 is 25.5. The SMILES string of the molecule is CCOC(=O)c1c(NC(=O)C2(c3ccccc3F)CCCCC2)sc2c1CCOC2. The third-order valence-electron chi connectivity index (χ3n) is 6.06. The van der Waals surface area contributed by atoms with E-state index in [2.05, 4.69) is 5.32 Å². The Morgan fingerprint density at radius 1 is 1.23 bits per heavy atom. The first kappa shape index (κ1) is 21.0. The predicted molar refractivity (Wildman–Crippen MR) is 113 cm³/mol. The van der Waals surface area contributed by atoms with Crippen molar-refractivity contribution in [1.29, 1.82) is 0 Å². The molecule has 30 heavy (non-hydrogen) atoms. The number of hydrogen-bond acceptors (Lipinski definition) is 5. The number of carbonyl (C=O) groups is 2. The van der Waals surface area contributed by atoms with Crippen LogP contribution in [0.1, 0.15) is 65.4 Å². The summed E-state index contributed by atoms with van der Waals surface area (Å²) in [4.78, 5) is 27.3. The van der Waals surface area contributed by atoms with Crippen LogP contribution in [0.3, 0.4) is 0 Å². The average Bonchev–Trinajstić information content (AvgIpc) is 3.12. The summed E-state index contributed by atoms with van der Waals surface area (Å²) in [6.45, 7) is 2.96. The predicted octanol–water partition coefficient (Wildman–Crippen LogP) is 4.98. The van der Waals surface area contributed by atoms with Crippen LogP contribution >= 0.6 is 11.3 Å². The molecule has 0 spiro atoms. The number of esters is 1. The summed E-state index contributed by atoms with van der Waals surface area (Å²) in [6.07, 6.45) is 4.53. The van der Waals surface area contributed by atoms with E-state index in [-0.39, 0.29) is 18.3 Å². The first-order chi connectivity index (χ1) is 14.6. The fraction of sp³-hybridized carbons (Fsp3) is 0.478. The lowest BCUT2D eigenvalue weighted by Crippen LogP contribution is -2.42. The second-order valence-electron chi connectivity index (χ2n) is 7.81. The summed E-state index contributed by atoms with van der Waals surface area (Å²) in [5, 5.41) is 3.48. The van der Waals surface area contributed by atoms with E-state index in [1.807, 2.05) is 0 Å². The lowest BCUT2D eigenvalue weighted by Gasteiger charge is -2.36. The molecule has 1 aromatic carbocycles. The van der Waals surface area contributed by atoms with Crippen LogP contribution in [0.15, 0.2) is 24.3 Å². The van der Waals surface area contributed by atoms with Crippen molar-refractivity contribution in [1.82, 2.24) is 0 Å². The number of hydrogen-bond donors (Lipinski definition) is 1. The van der Waals surface area contributed by atoms with Crippen molar-refractivity contribution in [2.75, 3.05) is 18.5 Å². The Kier molecular flexibility index (Phi) is 6.20. The van der Waals surface area contributed by atoms with E-state index in [1.165, 1.54) is 17.4 Å². The van der Waals surface area contributed by atoms with Gasteiger partial charge in [-0.2, -0.15) is 0 Å². The minimum atomic E-state index is -0.934. The molecule has 1 aromatic heterocycles. The Labute approximate surface area is 179 Å². The van der Waals surface area contributed by atoms with Gasteiger partial charge in [-0.15, -0.1) is 11.3 Å². The molecule has 160 valence electrons. The Bertz CT molecular complexity index is 949. The molecule has 0 atom stereocenters. The number of ether oxygens (including phenoxy) is 2. The maximum Gasteiger partial charge on any atom is 0.341 e. The third-order valence-corrected chi connectivity index (χ3v) is 7.18. The molecule has 2 aliphatic rings. The number of carbonyl (C=O) groups excluding carboxylic acids is 2. The van der Waals surface area contributed by atoms with Gasteiger partial charge in [0.05, 0.1) is 30.8 Å². The Hall–Kier alpha value is -2.25. The van der Waals surface area contributed by atoms with Crippen molar-refractivity contribution < 1.29 is 23.5 Å². The smallest absolute Gasteiger partial charge is 0.341 e. The molecule has 1 amide bonds. The molecule has 1 aliphatic heterocycles. The zero-order chi connectivity index (χ0) is 21.1. The minimum Gasteiger partial charge on any atom is -0.462 e. The van der Waals surface area contributed by atoms with Crippen molar-refractivity contribution in [2.24, 2.45) is 0 Å². The van der Waals surface area contributed by atoms with Gasteiger partial charge < -0.3 is 14.8 Å². The first-order valence-electron chi connectivity index (χ1n) is 10.5. The van der Waals surface area contributed by atoms with Crippen LogP contribution in [0.25, 0.3) is 0 Å².